The van der Waals surface area contributed by atoms with Gasteiger partial charge in [-0.15, -0.1) is 0 Å². The first-order chi connectivity index (χ1) is 9.34. The van der Waals surface area contributed by atoms with Crippen molar-refractivity contribution < 1.29 is 59.3 Å². The van der Waals surface area contributed by atoms with Crippen LogP contribution in [0.5, 0.6) is 0 Å². The Morgan fingerprint density at radius 1 is 1.24 bits per heavy atom. The second kappa shape index (κ2) is 17.4. The molecule has 1 atom stereocenters. The topological polar surface area (TPSA) is 153 Å². The van der Waals surface area contributed by atoms with Gasteiger partial charge in [0.25, 0.3) is 0 Å². The number of rotatable bonds is 10. The molecule has 0 aliphatic carbocycles. The van der Waals surface area contributed by atoms with E-state index < -0.39 is 23.9 Å². The number of nitrogens with one attached hydrogen (secondary N) is 1. The van der Waals surface area contributed by atoms with Crippen molar-refractivity contribution in [3.05, 3.63) is 0 Å². The van der Waals surface area contributed by atoms with Crippen molar-refractivity contribution in [1.82, 2.24) is 5.32 Å². The van der Waals surface area contributed by atoms with Crippen LogP contribution in [0.1, 0.15) is 39.0 Å². The predicted octanol–water partition coefficient (Wildman–Crippen LogP) is -4.22. The molecule has 0 aliphatic rings. The molecule has 0 bridgehead atoms. The molecule has 0 radical (unpaired) electrons. The fourth-order valence-corrected chi connectivity index (χ4v) is 1.23. The average molecular weight is 314 g/mol. The summed E-state index contributed by atoms with van der Waals surface area (Å²) in [5.74, 6) is -3.16. The predicted molar refractivity (Wildman–Crippen MR) is 69.9 cm³/mol. The molecule has 0 heterocycles. The molecule has 0 spiro atoms. The molecule has 0 aromatic rings. The molecule has 21 heavy (non-hydrogen) atoms. The molecule has 0 fully saturated rings. The fraction of sp³-hybridized carbons (Fsp3) is 0.750. The van der Waals surface area contributed by atoms with Crippen molar-refractivity contribution in [3.63, 3.8) is 0 Å². The van der Waals surface area contributed by atoms with Crippen LogP contribution in [-0.4, -0.2) is 47.3 Å². The molecule has 0 aromatic heterocycles. The van der Waals surface area contributed by atoms with Crippen LogP contribution in [0, 0.1) is 0 Å². The maximum absolute atomic E-state index is 10.7. The number of unbranched alkanes of at least 4 members (excludes halogenated alkanes) is 2. The molecule has 0 aromatic carbocycles. The van der Waals surface area contributed by atoms with Crippen LogP contribution in [0.3, 0.4) is 0 Å². The Morgan fingerprint density at radius 2 is 1.76 bits per heavy atom. The Labute approximate surface area is 146 Å². The van der Waals surface area contributed by atoms with Crippen molar-refractivity contribution in [1.29, 1.82) is 0 Å². The largest absolute Gasteiger partial charge is 1.00 e. The van der Waals surface area contributed by atoms with Gasteiger partial charge in [0.2, 0.25) is 0 Å². The number of hydrogen-bond acceptors (Lipinski definition) is 6. The van der Waals surface area contributed by atoms with Crippen LogP contribution >= 0.6 is 0 Å². The molecule has 8 nitrogen and oxygen atoms in total. The van der Waals surface area contributed by atoms with Gasteiger partial charge in [0, 0.05) is 13.0 Å². The number of hydrogen-bond donors (Lipinski definition) is 4. The molecule has 0 saturated carbocycles. The molecular formula is C12H23N2NaO6. The van der Waals surface area contributed by atoms with Gasteiger partial charge >= 0.3 is 41.5 Å². The molecule has 5 N–H and O–H groups in total. The monoisotopic (exact) mass is 314 g/mol. The van der Waals surface area contributed by atoms with Gasteiger partial charge < -0.3 is 31.2 Å². The van der Waals surface area contributed by atoms with E-state index in [0.717, 1.165) is 19.3 Å². The summed E-state index contributed by atoms with van der Waals surface area (Å²) in [5.41, 5.74) is 4.51. The van der Waals surface area contributed by atoms with Crippen molar-refractivity contribution in [2.75, 3.05) is 13.1 Å². The summed E-state index contributed by atoms with van der Waals surface area (Å²) in [4.78, 5) is 30.1. The minimum Gasteiger partial charge on any atom is -0.549 e. The number of carbonyl (C=O) groups is 3. The summed E-state index contributed by atoms with van der Waals surface area (Å²) in [5, 5.41) is 29.2. The van der Waals surface area contributed by atoms with E-state index in [1.54, 1.807) is 0 Å². The fourth-order valence-electron chi connectivity index (χ4n) is 1.23. The molecule has 0 amide bonds. The van der Waals surface area contributed by atoms with Crippen LogP contribution in [0.4, 0.5) is 0 Å². The van der Waals surface area contributed by atoms with E-state index in [1.807, 2.05) is 0 Å². The number of aliphatic carboxylic acids is 3. The van der Waals surface area contributed by atoms with Gasteiger partial charge in [-0.1, -0.05) is 19.8 Å². The third-order valence-corrected chi connectivity index (χ3v) is 2.28. The maximum atomic E-state index is 10.7. The summed E-state index contributed by atoms with van der Waals surface area (Å²) >= 11 is 0. The van der Waals surface area contributed by atoms with E-state index in [2.05, 4.69) is 18.0 Å². The zero-order chi connectivity index (χ0) is 16.0. The van der Waals surface area contributed by atoms with Crippen molar-refractivity contribution in [2.24, 2.45) is 5.73 Å². The van der Waals surface area contributed by atoms with E-state index in [1.165, 1.54) is 0 Å². The van der Waals surface area contributed by atoms with E-state index in [-0.39, 0.29) is 48.9 Å². The molecule has 0 saturated heterocycles. The molecule has 0 unspecified atom stereocenters. The SMILES string of the molecule is CCCCCN[C@@H](CCC(=O)O)C(=O)O.NCC(=O)[O-].[Na+]. The van der Waals surface area contributed by atoms with Gasteiger partial charge in [-0.3, -0.25) is 9.59 Å². The second-order valence-corrected chi connectivity index (χ2v) is 4.06. The summed E-state index contributed by atoms with van der Waals surface area (Å²) in [7, 11) is 0. The summed E-state index contributed by atoms with van der Waals surface area (Å²) in [6, 6.07) is -0.738. The van der Waals surface area contributed by atoms with E-state index in [0.29, 0.717) is 6.54 Å². The van der Waals surface area contributed by atoms with Crippen molar-refractivity contribution >= 4 is 17.9 Å². The first-order valence-corrected chi connectivity index (χ1v) is 6.43. The van der Waals surface area contributed by atoms with E-state index in [9.17, 15) is 9.59 Å². The van der Waals surface area contributed by atoms with Gasteiger partial charge in [-0.2, -0.15) is 0 Å². The van der Waals surface area contributed by atoms with Crippen LogP contribution in [-0.2, 0) is 14.4 Å². The first-order valence-electron chi connectivity index (χ1n) is 6.43. The minimum atomic E-state index is -1.22. The Bertz CT molecular complexity index is 301. The standard InChI is InChI=1S/C10H19NO4.C2H5NO2.Na/c1-2-3-4-7-11-8(10(14)15)5-6-9(12)13;3-1-2(4)5;/h8,11H,2-7H2,1H3,(H,12,13)(H,14,15);1,3H2,(H,4,5);/q;;+1/p-1/t8-;;/m0../s1. The quantitative estimate of drug-likeness (QED) is 0.234. The molecular weight excluding hydrogens is 291 g/mol. The number of carboxylic acids is 3. The Morgan fingerprint density at radius 3 is 2.10 bits per heavy atom. The number of carboxylic acid groups (broad SMARTS) is 3. The van der Waals surface area contributed by atoms with E-state index in [4.69, 9.17) is 20.1 Å². The Balaban J connectivity index is -0.000000465. The van der Waals surface area contributed by atoms with Gasteiger partial charge in [0.15, 0.2) is 0 Å². The van der Waals surface area contributed by atoms with Crippen molar-refractivity contribution in [2.45, 2.75) is 45.1 Å². The first kappa shape index (κ1) is 25.3. The number of carbonyl (C=O) groups excluding carboxylic acids is 1. The van der Waals surface area contributed by atoms with Crippen LogP contribution in [0.2, 0.25) is 0 Å². The van der Waals surface area contributed by atoms with Gasteiger partial charge in [0.05, 0.1) is 5.97 Å². The average Bonchev–Trinajstić information content (AvgIpc) is 2.37. The normalized spacial score (nSPS) is 10.6. The number of nitrogens with two attached hydrogens (primary N) is 1. The van der Waals surface area contributed by atoms with Crippen LogP contribution < -0.4 is 45.7 Å². The zero-order valence-corrected chi connectivity index (χ0v) is 14.6. The second-order valence-electron chi connectivity index (χ2n) is 4.06. The Kier molecular flexibility index (Phi) is 20.9. The van der Waals surface area contributed by atoms with Gasteiger partial charge in [-0.05, 0) is 19.4 Å². The molecule has 118 valence electrons. The Hall–Kier alpha value is -0.670. The third-order valence-electron chi connectivity index (χ3n) is 2.28. The zero-order valence-electron chi connectivity index (χ0n) is 12.6. The molecule has 0 rings (SSSR count). The third kappa shape index (κ3) is 21.8. The van der Waals surface area contributed by atoms with Gasteiger partial charge in [-0.25, -0.2) is 0 Å². The van der Waals surface area contributed by atoms with Crippen molar-refractivity contribution in [3.8, 4) is 0 Å². The summed E-state index contributed by atoms with van der Waals surface area (Å²) in [6.45, 7) is 2.31. The summed E-state index contributed by atoms with van der Waals surface area (Å²) in [6.07, 6.45) is 3.08. The van der Waals surface area contributed by atoms with E-state index >= 15 is 0 Å². The molecule has 0 aliphatic heterocycles. The minimum absolute atomic E-state index is 0. The summed E-state index contributed by atoms with van der Waals surface area (Å²) < 4.78 is 0. The molecule has 9 heteroatoms. The van der Waals surface area contributed by atoms with Crippen LogP contribution in [0.25, 0.3) is 0 Å². The smallest absolute Gasteiger partial charge is 0.549 e. The van der Waals surface area contributed by atoms with Gasteiger partial charge in [0.1, 0.15) is 6.04 Å². The maximum Gasteiger partial charge on any atom is 1.00 e. The van der Waals surface area contributed by atoms with Crippen LogP contribution in [0.15, 0.2) is 0 Å².